The molecule has 2 nitrogen and oxygen atoms in total. The van der Waals surface area contributed by atoms with Crippen molar-refractivity contribution in [2.45, 2.75) is 0 Å². The fourth-order valence-electron chi connectivity index (χ4n) is 2.53. The molecule has 0 unspecified atom stereocenters. The highest BCUT2D eigenvalue weighted by molar-refractivity contribution is 5.88. The van der Waals surface area contributed by atoms with Crippen LogP contribution in [0.2, 0.25) is 0 Å². The summed E-state index contributed by atoms with van der Waals surface area (Å²) in [6, 6.07) is 8.64. The summed E-state index contributed by atoms with van der Waals surface area (Å²) in [6.45, 7) is 0. The number of hydrogen-bond acceptors (Lipinski definition) is 2. The van der Waals surface area contributed by atoms with Crippen LogP contribution >= 0.6 is 0 Å². The Morgan fingerprint density at radius 2 is 0.812 bits per heavy atom. The molecule has 2 N–H and O–H groups in total. The molecule has 0 aromatic heterocycles. The number of rotatable bonds is 0. The predicted molar refractivity (Wildman–Crippen MR) is 66.6 cm³/mol. The fraction of sp³-hybridized carbons (Fsp3) is 0. The van der Waals surface area contributed by atoms with E-state index in [1.807, 2.05) is 0 Å². The van der Waals surface area contributed by atoms with Gasteiger partial charge in [0.25, 0.3) is 0 Å². The van der Waals surface area contributed by atoms with E-state index in [4.69, 9.17) is 0 Å². The van der Waals surface area contributed by atoms with Crippen LogP contribution in [0.1, 0.15) is 0 Å². The van der Waals surface area contributed by atoms with Crippen molar-refractivity contribution >= 4 is 35.6 Å². The SMILES string of the molecule is C1=c2ccc3c4c(ccc(c24)=CN1)=CNC=3. The molecule has 0 radical (unpaired) electrons. The van der Waals surface area contributed by atoms with Gasteiger partial charge in [0, 0.05) is 35.6 Å². The average Bonchev–Trinajstić information content (AvgIpc) is 2.36. The first-order valence-corrected chi connectivity index (χ1v) is 5.38. The van der Waals surface area contributed by atoms with Crippen LogP contribution in [0.25, 0.3) is 35.6 Å². The molecule has 76 valence electrons. The zero-order valence-corrected chi connectivity index (χ0v) is 8.62. The molecule has 0 spiro atoms. The molecule has 2 heterocycles. The van der Waals surface area contributed by atoms with Crippen molar-refractivity contribution in [2.24, 2.45) is 0 Å². The first-order valence-electron chi connectivity index (χ1n) is 5.38. The van der Waals surface area contributed by atoms with Crippen molar-refractivity contribution in [2.75, 3.05) is 0 Å². The molecule has 0 fully saturated rings. The normalized spacial score (nSPS) is 14.8. The third-order valence-corrected chi connectivity index (χ3v) is 3.24. The first-order chi connectivity index (χ1) is 7.93. The van der Waals surface area contributed by atoms with Crippen molar-refractivity contribution in [1.29, 1.82) is 0 Å². The largest absolute Gasteiger partial charge is 0.366 e. The van der Waals surface area contributed by atoms with Crippen LogP contribution in [0.15, 0.2) is 24.3 Å². The van der Waals surface area contributed by atoms with Gasteiger partial charge < -0.3 is 10.6 Å². The molecule has 0 amide bonds. The summed E-state index contributed by atoms with van der Waals surface area (Å²) in [5.74, 6) is 0. The van der Waals surface area contributed by atoms with Gasteiger partial charge in [-0.3, -0.25) is 0 Å². The fourth-order valence-corrected chi connectivity index (χ4v) is 2.53. The average molecular weight is 206 g/mol. The lowest BCUT2D eigenvalue weighted by Crippen LogP contribution is -2.32. The molecule has 2 aromatic carbocycles. The van der Waals surface area contributed by atoms with E-state index < -0.39 is 0 Å². The lowest BCUT2D eigenvalue weighted by molar-refractivity contribution is 1.30. The minimum atomic E-state index is 1.27. The van der Waals surface area contributed by atoms with Gasteiger partial charge in [-0.2, -0.15) is 0 Å². The van der Waals surface area contributed by atoms with Gasteiger partial charge in [-0.1, -0.05) is 24.3 Å². The van der Waals surface area contributed by atoms with Crippen LogP contribution < -0.4 is 31.5 Å². The Morgan fingerprint density at radius 1 is 0.500 bits per heavy atom. The Hall–Kier alpha value is -2.22. The van der Waals surface area contributed by atoms with Gasteiger partial charge in [0.15, 0.2) is 0 Å². The summed E-state index contributed by atoms with van der Waals surface area (Å²) >= 11 is 0. The Morgan fingerprint density at radius 3 is 1.12 bits per heavy atom. The summed E-state index contributed by atoms with van der Waals surface area (Å²) in [7, 11) is 0. The predicted octanol–water partition coefficient (Wildman–Crippen LogP) is -1.00. The Labute approximate surface area is 91.9 Å². The van der Waals surface area contributed by atoms with Gasteiger partial charge in [0.2, 0.25) is 0 Å². The molecule has 4 rings (SSSR count). The molecule has 2 heteroatoms. The molecule has 2 aliphatic rings. The molecule has 2 aromatic rings. The van der Waals surface area contributed by atoms with Gasteiger partial charge in [-0.15, -0.1) is 0 Å². The third kappa shape index (κ3) is 0.865. The molecule has 0 saturated heterocycles. The summed E-state index contributed by atoms with van der Waals surface area (Å²) in [6.07, 6.45) is 8.21. The van der Waals surface area contributed by atoms with E-state index in [9.17, 15) is 0 Å². The minimum Gasteiger partial charge on any atom is -0.366 e. The molecule has 0 bridgehead atoms. The zero-order valence-electron chi connectivity index (χ0n) is 8.62. The van der Waals surface area contributed by atoms with Crippen LogP contribution in [0.5, 0.6) is 0 Å². The van der Waals surface area contributed by atoms with Crippen molar-refractivity contribution in [3.05, 3.63) is 45.1 Å². The minimum absolute atomic E-state index is 1.27. The van der Waals surface area contributed by atoms with E-state index in [1.54, 1.807) is 0 Å². The lowest BCUT2D eigenvalue weighted by Gasteiger charge is -2.10. The van der Waals surface area contributed by atoms with E-state index in [2.05, 4.69) is 59.7 Å². The van der Waals surface area contributed by atoms with Gasteiger partial charge in [-0.25, -0.2) is 0 Å². The number of nitrogens with one attached hydrogen (secondary N) is 2. The smallest absolute Gasteiger partial charge is 0.00842 e. The Balaban J connectivity index is 2.53. The summed E-state index contributed by atoms with van der Waals surface area (Å²) in [5.41, 5.74) is 0. The summed E-state index contributed by atoms with van der Waals surface area (Å²) in [5, 5.41) is 14.1. The van der Waals surface area contributed by atoms with Gasteiger partial charge >= 0.3 is 0 Å². The van der Waals surface area contributed by atoms with Gasteiger partial charge in [0.05, 0.1) is 0 Å². The second kappa shape index (κ2) is 2.67. The Kier molecular flexibility index (Phi) is 1.33. The van der Waals surface area contributed by atoms with Crippen molar-refractivity contribution in [3.8, 4) is 0 Å². The maximum atomic E-state index is 3.19. The molecular weight excluding hydrogens is 196 g/mol. The molecule has 0 atom stereocenters. The third-order valence-electron chi connectivity index (χ3n) is 3.24. The lowest BCUT2D eigenvalue weighted by atomic mass is 10.0. The van der Waals surface area contributed by atoms with Crippen LogP contribution in [-0.2, 0) is 0 Å². The van der Waals surface area contributed by atoms with Gasteiger partial charge in [0.1, 0.15) is 0 Å². The van der Waals surface area contributed by atoms with Crippen LogP contribution in [0.4, 0.5) is 0 Å². The summed E-state index contributed by atoms with van der Waals surface area (Å²) < 4.78 is 0. The van der Waals surface area contributed by atoms with E-state index in [1.165, 1.54) is 31.6 Å². The summed E-state index contributed by atoms with van der Waals surface area (Å²) in [4.78, 5) is 0. The molecule has 0 saturated carbocycles. The molecule has 0 aliphatic carbocycles. The van der Waals surface area contributed by atoms with E-state index in [0.717, 1.165) is 0 Å². The maximum absolute atomic E-state index is 3.19. The second-order valence-corrected chi connectivity index (χ2v) is 4.15. The standard InChI is InChI=1S/C14H10N2/c1-2-10-6-16-8-12-4-3-11-7-15-5-9(1)13(11)14(10)12/h1-8,15-16H. The molecule has 16 heavy (non-hydrogen) atoms. The van der Waals surface area contributed by atoms with E-state index in [0.29, 0.717) is 0 Å². The number of benzene rings is 2. The van der Waals surface area contributed by atoms with E-state index in [-0.39, 0.29) is 0 Å². The monoisotopic (exact) mass is 206 g/mol. The highest BCUT2D eigenvalue weighted by Crippen LogP contribution is 1.97. The van der Waals surface area contributed by atoms with E-state index >= 15 is 0 Å². The quantitative estimate of drug-likeness (QED) is 0.577. The van der Waals surface area contributed by atoms with Crippen molar-refractivity contribution in [3.63, 3.8) is 0 Å². The highest BCUT2D eigenvalue weighted by Gasteiger charge is 2.05. The highest BCUT2D eigenvalue weighted by atomic mass is 14.8. The second-order valence-electron chi connectivity index (χ2n) is 4.15. The van der Waals surface area contributed by atoms with Crippen LogP contribution in [0, 0.1) is 0 Å². The molecule has 2 aliphatic heterocycles. The maximum Gasteiger partial charge on any atom is 0.00842 e. The first kappa shape index (κ1) is 7.99. The van der Waals surface area contributed by atoms with Crippen molar-refractivity contribution in [1.82, 2.24) is 10.6 Å². The number of hydrogen-bond donors (Lipinski definition) is 2. The van der Waals surface area contributed by atoms with Crippen LogP contribution in [0.3, 0.4) is 0 Å². The zero-order chi connectivity index (χ0) is 10.5. The van der Waals surface area contributed by atoms with Gasteiger partial charge in [-0.05, 0) is 20.9 Å². The topological polar surface area (TPSA) is 24.1 Å². The van der Waals surface area contributed by atoms with Crippen molar-refractivity contribution < 1.29 is 0 Å². The van der Waals surface area contributed by atoms with Crippen LogP contribution in [-0.4, -0.2) is 0 Å². The Bertz CT molecular complexity index is 706. The molecular formula is C14H10N2.